The number of nitrogens with zero attached hydrogens (tertiary/aromatic N) is 1. The first-order valence-electron chi connectivity index (χ1n) is 11.2. The molecular weight excluding hydrogens is 412 g/mol. The lowest BCUT2D eigenvalue weighted by atomic mass is 9.74. The number of hydrogen-bond donors (Lipinski definition) is 3. The number of rotatable bonds is 7. The van der Waals surface area contributed by atoms with Gasteiger partial charge in [-0.25, -0.2) is 4.79 Å². The molecule has 32 heavy (non-hydrogen) atoms. The Labute approximate surface area is 190 Å². The van der Waals surface area contributed by atoms with Gasteiger partial charge in [0.1, 0.15) is 5.60 Å². The zero-order valence-electron chi connectivity index (χ0n) is 19.6. The molecule has 2 aliphatic rings. The number of hydrogen-bond acceptors (Lipinski definition) is 6. The largest absolute Gasteiger partial charge is 0.454 e. The zero-order valence-corrected chi connectivity index (χ0v) is 19.6. The number of carbonyl (C=O) groups excluding carboxylic acids is 1. The minimum Gasteiger partial charge on any atom is -0.454 e. The summed E-state index contributed by atoms with van der Waals surface area (Å²) >= 11 is 0. The van der Waals surface area contributed by atoms with Crippen LogP contribution >= 0.6 is 0 Å². The van der Waals surface area contributed by atoms with Crippen molar-refractivity contribution in [3.63, 3.8) is 0 Å². The van der Waals surface area contributed by atoms with Crippen LogP contribution in [-0.2, 0) is 14.9 Å². The van der Waals surface area contributed by atoms with Crippen molar-refractivity contribution in [1.82, 2.24) is 16.0 Å². The van der Waals surface area contributed by atoms with E-state index in [1.54, 1.807) is 7.05 Å². The summed E-state index contributed by atoms with van der Waals surface area (Å²) in [4.78, 5) is 16.1. The topological polar surface area (TPSA) is 102 Å². The van der Waals surface area contributed by atoms with E-state index in [2.05, 4.69) is 33.1 Å². The second-order valence-corrected chi connectivity index (χ2v) is 9.10. The van der Waals surface area contributed by atoms with Gasteiger partial charge >= 0.3 is 6.09 Å². The molecule has 0 unspecified atom stereocenters. The van der Waals surface area contributed by atoms with Gasteiger partial charge in [-0.05, 0) is 57.7 Å². The highest BCUT2D eigenvalue weighted by Crippen LogP contribution is 2.40. The Balaban J connectivity index is 1.49. The molecule has 0 saturated carbocycles. The molecule has 0 radical (unpaired) electrons. The highest BCUT2D eigenvalue weighted by Gasteiger charge is 2.35. The number of fused-ring (bicyclic) bond motifs is 1. The molecule has 1 aromatic carbocycles. The number of alkyl carbamates (subject to hydrolysis) is 1. The second kappa shape index (κ2) is 10.8. The van der Waals surface area contributed by atoms with Crippen molar-refractivity contribution < 1.29 is 23.7 Å². The summed E-state index contributed by atoms with van der Waals surface area (Å²) in [6.07, 6.45) is 2.18. The standard InChI is InChI=1S/C23H36N4O5/c1-22(2,3)32-21(28)26-11-5-10-25-20(24-4)27-15-23(8-12-29-13-9-23)17-6-7-18-19(14-17)31-16-30-18/h6-7,14H,5,8-13,15-16H2,1-4H3,(H,26,28)(H2,24,25,27). The van der Waals surface area contributed by atoms with E-state index in [4.69, 9.17) is 18.9 Å². The van der Waals surface area contributed by atoms with Gasteiger partial charge in [-0.1, -0.05) is 6.07 Å². The molecule has 1 fully saturated rings. The minimum absolute atomic E-state index is 0.0743. The van der Waals surface area contributed by atoms with Crippen molar-refractivity contribution in [2.24, 2.45) is 4.99 Å². The number of aliphatic imine (C=N–C) groups is 1. The van der Waals surface area contributed by atoms with Crippen molar-refractivity contribution in [3.05, 3.63) is 23.8 Å². The third-order valence-corrected chi connectivity index (χ3v) is 5.57. The monoisotopic (exact) mass is 448 g/mol. The molecule has 3 N–H and O–H groups in total. The van der Waals surface area contributed by atoms with Gasteiger partial charge in [0.15, 0.2) is 17.5 Å². The van der Waals surface area contributed by atoms with E-state index in [9.17, 15) is 4.79 Å². The van der Waals surface area contributed by atoms with Gasteiger partial charge in [0.05, 0.1) is 0 Å². The number of guanidine groups is 1. The average Bonchev–Trinajstić information content (AvgIpc) is 3.23. The van der Waals surface area contributed by atoms with Gasteiger partial charge in [-0.2, -0.15) is 0 Å². The molecule has 178 valence electrons. The fourth-order valence-electron chi connectivity index (χ4n) is 3.83. The molecule has 0 aromatic heterocycles. The Hall–Kier alpha value is -2.68. The van der Waals surface area contributed by atoms with Gasteiger partial charge in [0.2, 0.25) is 6.79 Å². The maximum Gasteiger partial charge on any atom is 0.407 e. The molecule has 1 saturated heterocycles. The highest BCUT2D eigenvalue weighted by molar-refractivity contribution is 5.79. The summed E-state index contributed by atoms with van der Waals surface area (Å²) in [5, 5.41) is 9.55. The molecule has 0 bridgehead atoms. The number of ether oxygens (including phenoxy) is 4. The summed E-state index contributed by atoms with van der Waals surface area (Å²) < 4.78 is 21.9. The minimum atomic E-state index is -0.494. The van der Waals surface area contributed by atoms with E-state index in [-0.39, 0.29) is 12.2 Å². The Morgan fingerprint density at radius 2 is 1.81 bits per heavy atom. The van der Waals surface area contributed by atoms with Crippen LogP contribution < -0.4 is 25.4 Å². The van der Waals surface area contributed by atoms with Crippen LogP contribution in [0.15, 0.2) is 23.2 Å². The maximum atomic E-state index is 11.7. The van der Waals surface area contributed by atoms with Crippen LogP contribution in [0.4, 0.5) is 4.79 Å². The van der Waals surface area contributed by atoms with E-state index >= 15 is 0 Å². The van der Waals surface area contributed by atoms with Crippen LogP contribution in [0.2, 0.25) is 0 Å². The van der Waals surface area contributed by atoms with Crippen molar-refractivity contribution in [3.8, 4) is 11.5 Å². The third-order valence-electron chi connectivity index (χ3n) is 5.57. The zero-order chi connectivity index (χ0) is 23.0. The smallest absolute Gasteiger partial charge is 0.407 e. The van der Waals surface area contributed by atoms with Crippen LogP contribution in [0.1, 0.15) is 45.6 Å². The lowest BCUT2D eigenvalue weighted by Crippen LogP contribution is -2.48. The first-order chi connectivity index (χ1) is 15.3. The van der Waals surface area contributed by atoms with E-state index in [1.807, 2.05) is 26.8 Å². The SMILES string of the molecule is CN=C(NCCCNC(=O)OC(C)(C)C)NCC1(c2ccc3c(c2)OCO3)CCOCC1. The maximum absolute atomic E-state index is 11.7. The molecule has 0 aliphatic carbocycles. The predicted octanol–water partition coefficient (Wildman–Crippen LogP) is 2.54. The first kappa shape index (κ1) is 24.0. The van der Waals surface area contributed by atoms with Gasteiger partial charge < -0.3 is 34.9 Å². The Kier molecular flexibility index (Phi) is 8.06. The van der Waals surface area contributed by atoms with Gasteiger partial charge in [0.25, 0.3) is 0 Å². The van der Waals surface area contributed by atoms with Gasteiger partial charge in [-0.15, -0.1) is 0 Å². The predicted molar refractivity (Wildman–Crippen MR) is 123 cm³/mol. The average molecular weight is 449 g/mol. The molecule has 0 atom stereocenters. The Morgan fingerprint density at radius 1 is 1.09 bits per heavy atom. The first-order valence-corrected chi connectivity index (χ1v) is 11.2. The summed E-state index contributed by atoms with van der Waals surface area (Å²) in [6, 6.07) is 6.20. The highest BCUT2D eigenvalue weighted by atomic mass is 16.7. The van der Waals surface area contributed by atoms with Crippen molar-refractivity contribution in [2.45, 2.75) is 51.0 Å². The number of benzene rings is 1. The van der Waals surface area contributed by atoms with E-state index < -0.39 is 11.7 Å². The third kappa shape index (κ3) is 6.66. The molecule has 2 heterocycles. The number of amides is 1. The molecule has 0 spiro atoms. The molecular formula is C23H36N4O5. The number of carbonyl (C=O) groups is 1. The Bertz CT molecular complexity index is 800. The van der Waals surface area contributed by atoms with Crippen LogP contribution in [-0.4, -0.2) is 64.3 Å². The summed E-state index contributed by atoms with van der Waals surface area (Å²) in [6.45, 7) is 9.18. The van der Waals surface area contributed by atoms with Gasteiger partial charge in [-0.3, -0.25) is 4.99 Å². The molecule has 1 aromatic rings. The fourth-order valence-corrected chi connectivity index (χ4v) is 3.83. The normalized spacial score (nSPS) is 17.6. The van der Waals surface area contributed by atoms with Crippen molar-refractivity contribution >= 4 is 12.1 Å². The lowest BCUT2D eigenvalue weighted by Gasteiger charge is -2.38. The van der Waals surface area contributed by atoms with Crippen molar-refractivity contribution in [1.29, 1.82) is 0 Å². The molecule has 9 nitrogen and oxygen atoms in total. The quantitative estimate of drug-likeness (QED) is 0.335. The van der Waals surface area contributed by atoms with Crippen LogP contribution in [0, 0.1) is 0 Å². The van der Waals surface area contributed by atoms with Gasteiger partial charge in [0, 0.05) is 45.3 Å². The lowest BCUT2D eigenvalue weighted by molar-refractivity contribution is 0.0511. The van der Waals surface area contributed by atoms with Crippen LogP contribution in [0.3, 0.4) is 0 Å². The summed E-state index contributed by atoms with van der Waals surface area (Å²) in [5.74, 6) is 2.32. The molecule has 9 heteroatoms. The summed E-state index contributed by atoms with van der Waals surface area (Å²) in [5.41, 5.74) is 0.649. The molecule has 1 amide bonds. The van der Waals surface area contributed by atoms with Crippen LogP contribution in [0.25, 0.3) is 0 Å². The van der Waals surface area contributed by atoms with E-state index in [0.29, 0.717) is 13.1 Å². The van der Waals surface area contributed by atoms with Crippen molar-refractivity contribution in [2.75, 3.05) is 46.7 Å². The molecule has 2 aliphatic heterocycles. The number of nitrogens with one attached hydrogen (secondary N) is 3. The molecule has 3 rings (SSSR count). The van der Waals surface area contributed by atoms with E-state index in [0.717, 1.165) is 56.5 Å². The fraction of sp³-hybridized carbons (Fsp3) is 0.652. The second-order valence-electron chi connectivity index (χ2n) is 9.10. The van der Waals surface area contributed by atoms with E-state index in [1.165, 1.54) is 5.56 Å². The summed E-state index contributed by atoms with van der Waals surface area (Å²) in [7, 11) is 1.76. The Morgan fingerprint density at radius 3 is 2.53 bits per heavy atom. The van der Waals surface area contributed by atoms with Crippen LogP contribution in [0.5, 0.6) is 11.5 Å².